The van der Waals surface area contributed by atoms with E-state index in [0.29, 0.717) is 37.4 Å². The number of hydrogen-bond acceptors (Lipinski definition) is 3. The molecule has 0 aliphatic heterocycles. The summed E-state index contributed by atoms with van der Waals surface area (Å²) < 4.78 is 41.5. The van der Waals surface area contributed by atoms with Gasteiger partial charge < -0.3 is 9.88 Å². The molecule has 1 amide bonds. The van der Waals surface area contributed by atoms with Crippen LogP contribution in [-0.2, 0) is 13.0 Å². The molecule has 36 heavy (non-hydrogen) atoms. The number of nitrogens with zero attached hydrogens (tertiary/aromatic N) is 2. The van der Waals surface area contributed by atoms with E-state index in [1.54, 1.807) is 11.8 Å². The van der Waals surface area contributed by atoms with E-state index < -0.39 is 12.1 Å². The zero-order valence-electron chi connectivity index (χ0n) is 20.5. The molecular formula is C28H32F3N3OS. The number of aromatic nitrogens is 2. The molecule has 0 unspecified atom stereocenters. The second kappa shape index (κ2) is 10.5. The van der Waals surface area contributed by atoms with Gasteiger partial charge in [-0.25, -0.2) is 4.98 Å². The Morgan fingerprint density at radius 2 is 1.78 bits per heavy atom. The van der Waals surface area contributed by atoms with Crippen molar-refractivity contribution in [1.82, 2.24) is 14.9 Å². The lowest BCUT2D eigenvalue weighted by Gasteiger charge is -2.29. The van der Waals surface area contributed by atoms with E-state index in [0.717, 1.165) is 41.0 Å². The van der Waals surface area contributed by atoms with Crippen LogP contribution in [0.2, 0.25) is 0 Å². The third-order valence-corrected chi connectivity index (χ3v) is 8.30. The number of alkyl halides is 3. The van der Waals surface area contributed by atoms with Crippen molar-refractivity contribution in [3.05, 3.63) is 59.4 Å². The third-order valence-electron chi connectivity index (χ3n) is 7.41. The van der Waals surface area contributed by atoms with Gasteiger partial charge in [0.1, 0.15) is 5.82 Å². The molecule has 0 atom stereocenters. The maximum atomic E-state index is 13.1. The van der Waals surface area contributed by atoms with Crippen molar-refractivity contribution < 1.29 is 18.0 Å². The van der Waals surface area contributed by atoms with Crippen LogP contribution in [0.3, 0.4) is 0 Å². The first-order valence-electron chi connectivity index (χ1n) is 12.9. The molecule has 8 heteroatoms. The maximum absolute atomic E-state index is 13.1. The smallest absolute Gasteiger partial charge is 0.348 e. The van der Waals surface area contributed by atoms with Gasteiger partial charge in [0.15, 0.2) is 0 Å². The molecule has 192 valence electrons. The first-order valence-corrected chi connectivity index (χ1v) is 13.9. The van der Waals surface area contributed by atoms with Gasteiger partial charge in [0.05, 0.1) is 17.0 Å². The normalized spacial score (nSPS) is 20.6. The molecule has 0 radical (unpaired) electrons. The largest absolute Gasteiger partial charge is 0.391 e. The molecule has 5 rings (SSSR count). The summed E-state index contributed by atoms with van der Waals surface area (Å²) in [5.74, 6) is 0.895. The van der Waals surface area contributed by atoms with E-state index in [1.807, 2.05) is 30.3 Å². The molecule has 1 N–H and O–H groups in total. The number of carbonyl (C=O) groups excluding carboxylic acids is 1. The number of imidazole rings is 1. The fourth-order valence-electron chi connectivity index (χ4n) is 5.28. The number of rotatable bonds is 8. The number of fused-ring (bicyclic) bond motifs is 1. The predicted molar refractivity (Wildman–Crippen MR) is 137 cm³/mol. The summed E-state index contributed by atoms with van der Waals surface area (Å²) in [5.41, 5.74) is 3.41. The van der Waals surface area contributed by atoms with Crippen LogP contribution in [0.25, 0.3) is 11.0 Å². The predicted octanol–water partition coefficient (Wildman–Crippen LogP) is 7.32. The topological polar surface area (TPSA) is 46.9 Å². The minimum absolute atomic E-state index is 0.142. The monoisotopic (exact) mass is 515 g/mol. The Labute approximate surface area is 214 Å². The van der Waals surface area contributed by atoms with E-state index >= 15 is 0 Å². The molecule has 2 aliphatic carbocycles. The Balaban J connectivity index is 1.27. The lowest BCUT2D eigenvalue weighted by Crippen LogP contribution is -2.28. The summed E-state index contributed by atoms with van der Waals surface area (Å²) in [6.45, 7) is 2.57. The molecule has 1 aromatic heterocycles. The molecule has 2 aliphatic rings. The van der Waals surface area contributed by atoms with Crippen molar-refractivity contribution in [2.24, 2.45) is 11.8 Å². The number of amides is 1. The van der Waals surface area contributed by atoms with Crippen molar-refractivity contribution in [2.75, 3.05) is 5.75 Å². The molecule has 2 fully saturated rings. The molecular weight excluding hydrogens is 483 g/mol. The molecule has 1 heterocycles. The van der Waals surface area contributed by atoms with Crippen LogP contribution >= 0.6 is 11.8 Å². The van der Waals surface area contributed by atoms with Crippen LogP contribution in [0.1, 0.15) is 73.2 Å². The highest BCUT2D eigenvalue weighted by Gasteiger charge is 2.41. The van der Waals surface area contributed by atoms with E-state index in [9.17, 15) is 18.0 Å². The highest BCUT2D eigenvalue weighted by Crippen LogP contribution is 2.42. The summed E-state index contributed by atoms with van der Waals surface area (Å²) in [4.78, 5) is 19.0. The average molecular weight is 516 g/mol. The molecule has 2 aromatic carbocycles. The first-order chi connectivity index (χ1) is 17.3. The summed E-state index contributed by atoms with van der Waals surface area (Å²) in [6.07, 6.45) is 0.399. The zero-order valence-corrected chi connectivity index (χ0v) is 21.3. The Morgan fingerprint density at radius 3 is 2.42 bits per heavy atom. The highest BCUT2D eigenvalue weighted by atomic mass is 32.2. The van der Waals surface area contributed by atoms with Crippen molar-refractivity contribution in [3.8, 4) is 0 Å². The van der Waals surface area contributed by atoms with E-state index in [4.69, 9.17) is 4.98 Å². The zero-order chi connectivity index (χ0) is 25.3. The van der Waals surface area contributed by atoms with Crippen molar-refractivity contribution in [1.29, 1.82) is 0 Å². The number of thioether (sulfide) groups is 1. The van der Waals surface area contributed by atoms with Gasteiger partial charge in [0.2, 0.25) is 0 Å². The molecule has 4 nitrogen and oxygen atoms in total. The summed E-state index contributed by atoms with van der Waals surface area (Å²) in [7, 11) is 0. The fraction of sp³-hybridized carbons (Fsp3) is 0.500. The SMILES string of the molecule is CCSc1ccc(CNC(=O)c2ccc3c(c2)nc(CC2CCC(C(F)(F)F)CC2)n3C2CC2)cc1. The van der Waals surface area contributed by atoms with E-state index in [2.05, 4.69) is 28.9 Å². The van der Waals surface area contributed by atoms with Gasteiger partial charge in [-0.15, -0.1) is 11.8 Å². The van der Waals surface area contributed by atoms with Gasteiger partial charge in [-0.1, -0.05) is 19.1 Å². The minimum atomic E-state index is -4.08. The van der Waals surface area contributed by atoms with Crippen LogP contribution in [0.4, 0.5) is 13.2 Å². The maximum Gasteiger partial charge on any atom is 0.391 e. The van der Waals surface area contributed by atoms with Gasteiger partial charge >= 0.3 is 6.18 Å². The van der Waals surface area contributed by atoms with Gasteiger partial charge in [-0.05, 0) is 86.1 Å². The second-order valence-corrected chi connectivity index (χ2v) is 11.4. The summed E-state index contributed by atoms with van der Waals surface area (Å²) >= 11 is 1.79. The standard InChI is InChI=1S/C28H32F3N3OS/c1-2-36-23-12-5-19(6-13-23)17-32-27(35)20-7-14-25-24(16-20)33-26(34(25)22-10-11-22)15-18-3-8-21(9-4-18)28(29,30)31/h5-7,12-14,16,18,21-22H,2-4,8-11,15,17H2,1H3,(H,32,35). The van der Waals surface area contributed by atoms with Gasteiger partial charge in [0.25, 0.3) is 5.91 Å². The number of halogens is 3. The van der Waals surface area contributed by atoms with E-state index in [1.165, 1.54) is 4.90 Å². The van der Waals surface area contributed by atoms with E-state index in [-0.39, 0.29) is 24.7 Å². The molecule has 3 aromatic rings. The summed E-state index contributed by atoms with van der Waals surface area (Å²) in [5, 5.41) is 3.00. The van der Waals surface area contributed by atoms with Gasteiger partial charge in [-0.3, -0.25) is 4.79 Å². The highest BCUT2D eigenvalue weighted by molar-refractivity contribution is 7.99. The molecule has 0 bridgehead atoms. The van der Waals surface area contributed by atoms with Gasteiger partial charge in [-0.2, -0.15) is 13.2 Å². The van der Waals surface area contributed by atoms with Crippen LogP contribution in [0, 0.1) is 11.8 Å². The van der Waals surface area contributed by atoms with Gasteiger partial charge in [0, 0.05) is 29.5 Å². The van der Waals surface area contributed by atoms with Crippen molar-refractivity contribution in [2.45, 2.75) is 75.5 Å². The number of benzene rings is 2. The van der Waals surface area contributed by atoms with Crippen LogP contribution in [0.15, 0.2) is 47.4 Å². The molecule has 0 saturated heterocycles. The molecule has 0 spiro atoms. The van der Waals surface area contributed by atoms with Crippen LogP contribution in [-0.4, -0.2) is 27.4 Å². The number of hydrogen-bond donors (Lipinski definition) is 1. The summed E-state index contributed by atoms with van der Waals surface area (Å²) in [6, 6.07) is 14.3. The van der Waals surface area contributed by atoms with Crippen LogP contribution in [0.5, 0.6) is 0 Å². The quantitative estimate of drug-likeness (QED) is 0.320. The average Bonchev–Trinajstić information content (AvgIpc) is 3.63. The minimum Gasteiger partial charge on any atom is -0.348 e. The Morgan fingerprint density at radius 1 is 1.06 bits per heavy atom. The third kappa shape index (κ3) is 5.74. The number of carbonyl (C=O) groups is 1. The lowest BCUT2D eigenvalue weighted by atomic mass is 9.80. The fourth-order valence-corrected chi connectivity index (χ4v) is 5.94. The molecule has 2 saturated carbocycles. The van der Waals surface area contributed by atoms with Crippen molar-refractivity contribution >= 4 is 28.7 Å². The number of nitrogens with one attached hydrogen (secondary N) is 1. The van der Waals surface area contributed by atoms with Crippen LogP contribution < -0.4 is 5.32 Å². The van der Waals surface area contributed by atoms with Crippen molar-refractivity contribution in [3.63, 3.8) is 0 Å². The first kappa shape index (κ1) is 25.2. The Bertz CT molecular complexity index is 1210. The second-order valence-electron chi connectivity index (χ2n) is 10.1. The lowest BCUT2D eigenvalue weighted by molar-refractivity contribution is -0.183. The Kier molecular flexibility index (Phi) is 7.33. The Hall–Kier alpha value is -2.48.